The Hall–Kier alpha value is -2.48. The summed E-state index contributed by atoms with van der Waals surface area (Å²) < 4.78 is 3.98. The van der Waals surface area contributed by atoms with Crippen molar-refractivity contribution >= 4 is 27.4 Å². The van der Waals surface area contributed by atoms with Gasteiger partial charge in [0.2, 0.25) is 0 Å². The van der Waals surface area contributed by atoms with Crippen LogP contribution in [0.5, 0.6) is 0 Å². The average molecular weight is 431 g/mol. The summed E-state index contributed by atoms with van der Waals surface area (Å²) >= 11 is 1.40. The van der Waals surface area contributed by atoms with E-state index < -0.39 is 5.97 Å². The second kappa shape index (κ2) is 8.71. The van der Waals surface area contributed by atoms with Gasteiger partial charge in [0.15, 0.2) is 0 Å². The molecule has 0 fully saturated rings. The normalized spacial score (nSPS) is 11.7. The average Bonchev–Trinajstić information content (AvgIpc) is 3.23. The van der Waals surface area contributed by atoms with Crippen LogP contribution in [0.1, 0.15) is 72.5 Å². The molecule has 3 rings (SSSR count). The van der Waals surface area contributed by atoms with Crippen molar-refractivity contribution in [1.29, 1.82) is 0 Å². The molecule has 0 spiro atoms. The van der Waals surface area contributed by atoms with Gasteiger partial charge in [-0.1, -0.05) is 27.7 Å². The number of hydrogen-bond acceptors (Lipinski definition) is 5. The Kier molecular flexibility index (Phi) is 6.45. The van der Waals surface area contributed by atoms with E-state index in [4.69, 9.17) is 5.10 Å². The molecule has 30 heavy (non-hydrogen) atoms. The van der Waals surface area contributed by atoms with Gasteiger partial charge >= 0.3 is 5.97 Å². The molecule has 1 N–H and O–H groups in total. The first-order valence-corrected chi connectivity index (χ1v) is 11.4. The number of carboxylic acids is 1. The molecule has 0 atom stereocenters. The zero-order valence-electron chi connectivity index (χ0n) is 18.6. The van der Waals surface area contributed by atoms with Crippen molar-refractivity contribution in [3.8, 4) is 0 Å². The molecule has 0 radical (unpaired) electrons. The monoisotopic (exact) mass is 430 g/mol. The highest BCUT2D eigenvalue weighted by Gasteiger charge is 2.26. The Morgan fingerprint density at radius 3 is 2.37 bits per heavy atom. The summed E-state index contributed by atoms with van der Waals surface area (Å²) in [5.41, 5.74) is 3.78. The van der Waals surface area contributed by atoms with E-state index in [1.807, 2.05) is 4.68 Å². The Balaban J connectivity index is 2.29. The summed E-state index contributed by atoms with van der Waals surface area (Å²) in [5, 5.41) is 19.5. The fourth-order valence-corrected chi connectivity index (χ4v) is 5.37. The Bertz CT molecular complexity index is 1150. The largest absolute Gasteiger partial charge is 0.478 e. The van der Waals surface area contributed by atoms with Gasteiger partial charge < -0.3 is 5.11 Å². The van der Waals surface area contributed by atoms with E-state index >= 15 is 0 Å². The van der Waals surface area contributed by atoms with Crippen molar-refractivity contribution < 1.29 is 9.90 Å². The van der Waals surface area contributed by atoms with Crippen LogP contribution in [0.25, 0.3) is 10.1 Å². The SMILES string of the molecule is CCc1nn(CC)c(CC)c1Cc1sc2c(CC(C)C)nn(C)c(=O)c2c1C(=O)O. The predicted octanol–water partition coefficient (Wildman–Crippen LogP) is 3.82. The number of nitrogens with zero attached hydrogens (tertiary/aromatic N) is 4. The van der Waals surface area contributed by atoms with Crippen LogP contribution in [0, 0.1) is 5.92 Å². The summed E-state index contributed by atoms with van der Waals surface area (Å²) in [4.78, 5) is 25.9. The molecule has 3 heterocycles. The van der Waals surface area contributed by atoms with Crippen LogP contribution in [-0.2, 0) is 39.3 Å². The summed E-state index contributed by atoms with van der Waals surface area (Å²) in [6.07, 6.45) is 2.77. The second-order valence-corrected chi connectivity index (χ2v) is 9.06. The van der Waals surface area contributed by atoms with Gasteiger partial charge in [0.1, 0.15) is 0 Å². The first-order chi connectivity index (χ1) is 14.2. The fourth-order valence-electron chi connectivity index (χ4n) is 4.09. The van der Waals surface area contributed by atoms with Crippen molar-refractivity contribution in [1.82, 2.24) is 19.6 Å². The van der Waals surface area contributed by atoms with E-state index in [1.54, 1.807) is 7.05 Å². The van der Waals surface area contributed by atoms with Gasteiger partial charge in [-0.15, -0.1) is 11.3 Å². The van der Waals surface area contributed by atoms with Crippen LogP contribution in [0.4, 0.5) is 0 Å². The fraction of sp³-hybridized carbons (Fsp3) is 0.545. The number of hydrogen-bond donors (Lipinski definition) is 1. The lowest BCUT2D eigenvalue weighted by Gasteiger charge is -2.07. The van der Waals surface area contributed by atoms with Crippen LogP contribution in [0.2, 0.25) is 0 Å². The molecule has 0 aliphatic carbocycles. The molecule has 162 valence electrons. The maximum absolute atomic E-state index is 12.9. The van der Waals surface area contributed by atoms with Crippen molar-refractivity contribution in [2.24, 2.45) is 13.0 Å². The molecule has 0 unspecified atom stereocenters. The number of fused-ring (bicyclic) bond motifs is 1. The number of aromatic nitrogens is 4. The number of aryl methyl sites for hydroxylation is 3. The quantitative estimate of drug-likeness (QED) is 0.587. The molecule has 3 aromatic heterocycles. The lowest BCUT2D eigenvalue weighted by atomic mass is 10.0. The van der Waals surface area contributed by atoms with Gasteiger partial charge in [-0.25, -0.2) is 9.48 Å². The van der Waals surface area contributed by atoms with Gasteiger partial charge in [-0.3, -0.25) is 9.48 Å². The van der Waals surface area contributed by atoms with E-state index in [9.17, 15) is 14.7 Å². The Labute approximate surface area is 180 Å². The number of carboxylic acid groups (broad SMARTS) is 1. The zero-order chi connectivity index (χ0) is 22.2. The Morgan fingerprint density at radius 2 is 1.83 bits per heavy atom. The molecule has 3 aromatic rings. The lowest BCUT2D eigenvalue weighted by Crippen LogP contribution is -2.22. The lowest BCUT2D eigenvalue weighted by molar-refractivity contribution is 0.0698. The summed E-state index contributed by atoms with van der Waals surface area (Å²) in [6, 6.07) is 0. The zero-order valence-corrected chi connectivity index (χ0v) is 19.4. The first kappa shape index (κ1) is 22.2. The maximum Gasteiger partial charge on any atom is 0.337 e. The van der Waals surface area contributed by atoms with Crippen molar-refractivity contribution in [3.63, 3.8) is 0 Å². The van der Waals surface area contributed by atoms with Crippen LogP contribution >= 0.6 is 11.3 Å². The number of aromatic carboxylic acids is 1. The molecular formula is C22H30N4O3S. The van der Waals surface area contributed by atoms with E-state index in [0.717, 1.165) is 42.0 Å². The standard InChI is InChI=1S/C22H30N4O3S/c1-7-14-13(16(8-2)26(9-3)24-14)11-17-18(22(28)29)19-20(30-17)15(10-12(4)5)23-25(6)21(19)27/h12H,7-11H2,1-6H3,(H,28,29). The number of thiophene rings is 1. The molecule has 0 saturated carbocycles. The third kappa shape index (κ3) is 3.80. The highest BCUT2D eigenvalue weighted by Crippen LogP contribution is 2.35. The van der Waals surface area contributed by atoms with Gasteiger partial charge in [0.25, 0.3) is 5.56 Å². The molecule has 0 aliphatic heterocycles. The summed E-state index contributed by atoms with van der Waals surface area (Å²) in [7, 11) is 1.59. The second-order valence-electron chi connectivity index (χ2n) is 7.95. The van der Waals surface area contributed by atoms with E-state index in [0.29, 0.717) is 28.3 Å². The molecule has 0 aromatic carbocycles. The van der Waals surface area contributed by atoms with Crippen molar-refractivity contribution in [2.45, 2.75) is 66.8 Å². The van der Waals surface area contributed by atoms with Crippen molar-refractivity contribution in [2.75, 3.05) is 0 Å². The van der Waals surface area contributed by atoms with Crippen molar-refractivity contribution in [3.05, 3.63) is 43.4 Å². The minimum absolute atomic E-state index is 0.122. The Morgan fingerprint density at radius 1 is 1.13 bits per heavy atom. The molecule has 7 nitrogen and oxygen atoms in total. The highest BCUT2D eigenvalue weighted by atomic mass is 32.1. The highest BCUT2D eigenvalue weighted by molar-refractivity contribution is 7.19. The topological polar surface area (TPSA) is 90.0 Å². The molecule has 0 saturated heterocycles. The third-order valence-electron chi connectivity index (χ3n) is 5.39. The number of carbonyl (C=O) groups is 1. The van der Waals surface area contributed by atoms with Crippen LogP contribution in [0.3, 0.4) is 0 Å². The van der Waals surface area contributed by atoms with Crippen LogP contribution in [0.15, 0.2) is 4.79 Å². The molecular weight excluding hydrogens is 400 g/mol. The van der Waals surface area contributed by atoms with E-state index in [-0.39, 0.29) is 16.5 Å². The van der Waals surface area contributed by atoms with Gasteiger partial charge in [0, 0.05) is 36.1 Å². The molecule has 8 heteroatoms. The van der Waals surface area contributed by atoms with Crippen LogP contribution < -0.4 is 5.56 Å². The number of rotatable bonds is 8. The summed E-state index contributed by atoms with van der Waals surface area (Å²) in [5.74, 6) is -0.716. The van der Waals surface area contributed by atoms with Gasteiger partial charge in [0.05, 0.1) is 27.0 Å². The van der Waals surface area contributed by atoms with E-state index in [1.165, 1.54) is 16.0 Å². The predicted molar refractivity (Wildman–Crippen MR) is 120 cm³/mol. The maximum atomic E-state index is 12.9. The third-order valence-corrected chi connectivity index (χ3v) is 6.63. The molecule has 0 amide bonds. The van der Waals surface area contributed by atoms with Crippen LogP contribution in [-0.4, -0.2) is 30.6 Å². The summed E-state index contributed by atoms with van der Waals surface area (Å²) in [6.45, 7) is 11.2. The minimum Gasteiger partial charge on any atom is -0.478 e. The molecule has 0 aliphatic rings. The smallest absolute Gasteiger partial charge is 0.337 e. The van der Waals surface area contributed by atoms with E-state index in [2.05, 4.69) is 39.7 Å². The van der Waals surface area contributed by atoms with Gasteiger partial charge in [-0.05, 0) is 32.1 Å². The first-order valence-electron chi connectivity index (χ1n) is 10.6. The molecule has 0 bridgehead atoms. The minimum atomic E-state index is -1.06. The van der Waals surface area contributed by atoms with Gasteiger partial charge in [-0.2, -0.15) is 10.2 Å².